The Kier molecular flexibility index (Phi) is 10.8. The summed E-state index contributed by atoms with van der Waals surface area (Å²) in [6.45, 7) is 10.3. The second-order valence-corrected chi connectivity index (χ2v) is 8.45. The van der Waals surface area contributed by atoms with Crippen molar-refractivity contribution in [2.75, 3.05) is 53.1 Å². The molecule has 6 nitrogen and oxygen atoms in total. The van der Waals surface area contributed by atoms with Crippen LogP contribution in [0, 0.1) is 5.92 Å². The van der Waals surface area contributed by atoms with Gasteiger partial charge in [-0.1, -0.05) is 30.3 Å². The Morgan fingerprint density at radius 2 is 1.93 bits per heavy atom. The Hall–Kier alpha value is -0.900. The van der Waals surface area contributed by atoms with Crippen LogP contribution >= 0.6 is 24.0 Å². The number of hydrogen-bond donors (Lipinski definition) is 2. The first-order chi connectivity index (χ1) is 14.1. The van der Waals surface area contributed by atoms with E-state index in [2.05, 4.69) is 66.8 Å². The summed E-state index contributed by atoms with van der Waals surface area (Å²) >= 11 is 0. The van der Waals surface area contributed by atoms with Crippen LogP contribution in [0.25, 0.3) is 0 Å². The Morgan fingerprint density at radius 1 is 1.20 bits per heavy atom. The van der Waals surface area contributed by atoms with Crippen LogP contribution in [0.4, 0.5) is 0 Å². The van der Waals surface area contributed by atoms with Crippen molar-refractivity contribution in [3.63, 3.8) is 0 Å². The Labute approximate surface area is 199 Å². The summed E-state index contributed by atoms with van der Waals surface area (Å²) in [4.78, 5) is 7.33. The molecular weight excluding hydrogens is 491 g/mol. The molecule has 0 aromatic heterocycles. The molecule has 3 rings (SSSR count). The number of nitrogens with one attached hydrogen (secondary N) is 2. The minimum absolute atomic E-state index is 0. The Bertz CT molecular complexity index is 631. The fourth-order valence-corrected chi connectivity index (χ4v) is 4.29. The zero-order valence-electron chi connectivity index (χ0n) is 18.7. The van der Waals surface area contributed by atoms with Crippen LogP contribution in [0.3, 0.4) is 0 Å². The molecule has 0 aliphatic carbocycles. The number of aliphatic imine (C=N–C) groups is 1. The van der Waals surface area contributed by atoms with E-state index in [1.54, 1.807) is 0 Å². The molecule has 1 aromatic rings. The van der Waals surface area contributed by atoms with Gasteiger partial charge in [0.1, 0.15) is 0 Å². The normalized spacial score (nSPS) is 22.2. The van der Waals surface area contributed by atoms with E-state index in [4.69, 9.17) is 14.5 Å². The highest BCUT2D eigenvalue weighted by atomic mass is 127. The highest BCUT2D eigenvalue weighted by Gasteiger charge is 2.34. The summed E-state index contributed by atoms with van der Waals surface area (Å²) in [5.74, 6) is 1.58. The summed E-state index contributed by atoms with van der Waals surface area (Å²) in [6, 6.07) is 10.9. The molecule has 1 aromatic carbocycles. The predicted octanol–water partition coefficient (Wildman–Crippen LogP) is 3.44. The van der Waals surface area contributed by atoms with Crippen molar-refractivity contribution >= 4 is 29.9 Å². The van der Waals surface area contributed by atoms with Gasteiger partial charge in [-0.2, -0.15) is 0 Å². The summed E-state index contributed by atoms with van der Waals surface area (Å²) < 4.78 is 11.2. The molecule has 2 aliphatic heterocycles. The lowest BCUT2D eigenvalue weighted by Crippen LogP contribution is -2.53. The maximum atomic E-state index is 5.67. The van der Waals surface area contributed by atoms with Crippen molar-refractivity contribution in [2.45, 2.75) is 44.7 Å². The maximum absolute atomic E-state index is 5.67. The third-order valence-corrected chi connectivity index (χ3v) is 6.06. The number of benzene rings is 1. The van der Waals surface area contributed by atoms with Crippen LogP contribution in [0.1, 0.15) is 44.7 Å². The fraction of sp³-hybridized carbons (Fsp3) is 0.696. The lowest BCUT2D eigenvalue weighted by molar-refractivity contribution is 0.0373. The standard InChI is InChI=1S/C23H38N4O2.HI/c1-4-24-22(27(3)16-20-10-13-29-17-20)25-18-23(11-14-28-15-12-23)26-19(2)21-8-6-5-7-9-21;/h5-9,19-20,26H,4,10-18H2,1-3H3,(H,24,25);1H. The molecule has 2 N–H and O–H groups in total. The van der Waals surface area contributed by atoms with Crippen molar-refractivity contribution in [1.29, 1.82) is 0 Å². The second-order valence-electron chi connectivity index (χ2n) is 8.45. The zero-order valence-corrected chi connectivity index (χ0v) is 21.1. The highest BCUT2D eigenvalue weighted by molar-refractivity contribution is 14.0. The molecule has 0 radical (unpaired) electrons. The highest BCUT2D eigenvalue weighted by Crippen LogP contribution is 2.26. The summed E-state index contributed by atoms with van der Waals surface area (Å²) in [7, 11) is 2.14. The van der Waals surface area contributed by atoms with E-state index >= 15 is 0 Å². The van der Waals surface area contributed by atoms with Crippen LogP contribution in [0.2, 0.25) is 0 Å². The van der Waals surface area contributed by atoms with Gasteiger partial charge in [-0.3, -0.25) is 4.99 Å². The molecule has 170 valence electrons. The Morgan fingerprint density at radius 3 is 2.57 bits per heavy atom. The van der Waals surface area contributed by atoms with Gasteiger partial charge in [0.2, 0.25) is 0 Å². The van der Waals surface area contributed by atoms with Crippen molar-refractivity contribution < 1.29 is 9.47 Å². The molecule has 0 saturated carbocycles. The number of guanidine groups is 1. The molecule has 2 aliphatic rings. The number of rotatable bonds is 8. The molecule has 2 saturated heterocycles. The van der Waals surface area contributed by atoms with E-state index in [0.717, 1.165) is 71.3 Å². The van der Waals surface area contributed by atoms with Crippen molar-refractivity contribution in [2.24, 2.45) is 10.9 Å². The summed E-state index contributed by atoms with van der Waals surface area (Å²) in [6.07, 6.45) is 3.10. The molecule has 0 spiro atoms. The SMILES string of the molecule is CCNC(=NCC1(NC(C)c2ccccc2)CCOCC1)N(C)CC1CCOC1.I. The molecule has 2 heterocycles. The van der Waals surface area contributed by atoms with E-state index in [9.17, 15) is 0 Å². The second kappa shape index (κ2) is 12.8. The van der Waals surface area contributed by atoms with E-state index in [-0.39, 0.29) is 35.6 Å². The lowest BCUT2D eigenvalue weighted by Gasteiger charge is -2.40. The predicted molar refractivity (Wildman–Crippen MR) is 134 cm³/mol. The van der Waals surface area contributed by atoms with Gasteiger partial charge in [0.25, 0.3) is 0 Å². The lowest BCUT2D eigenvalue weighted by atomic mass is 9.88. The average Bonchev–Trinajstić information content (AvgIpc) is 3.25. The molecule has 2 fully saturated rings. The van der Waals surface area contributed by atoms with Crippen molar-refractivity contribution in [1.82, 2.24) is 15.5 Å². The number of halogens is 1. The van der Waals surface area contributed by atoms with E-state index in [0.29, 0.717) is 5.92 Å². The maximum Gasteiger partial charge on any atom is 0.193 e. The smallest absolute Gasteiger partial charge is 0.193 e. The topological polar surface area (TPSA) is 58.1 Å². The minimum Gasteiger partial charge on any atom is -0.381 e. The first kappa shape index (κ1) is 25.4. The number of ether oxygens (including phenoxy) is 2. The van der Waals surface area contributed by atoms with Crippen LogP contribution in [-0.4, -0.2) is 69.5 Å². The third-order valence-electron chi connectivity index (χ3n) is 6.06. The fourth-order valence-electron chi connectivity index (χ4n) is 4.29. The third kappa shape index (κ3) is 7.35. The largest absolute Gasteiger partial charge is 0.381 e. The van der Waals surface area contributed by atoms with Crippen LogP contribution < -0.4 is 10.6 Å². The molecule has 0 bridgehead atoms. The first-order valence-electron chi connectivity index (χ1n) is 11.1. The molecule has 30 heavy (non-hydrogen) atoms. The van der Waals surface area contributed by atoms with Gasteiger partial charge in [-0.25, -0.2) is 0 Å². The number of hydrogen-bond acceptors (Lipinski definition) is 4. The quantitative estimate of drug-likeness (QED) is 0.307. The van der Waals surface area contributed by atoms with Gasteiger partial charge < -0.3 is 25.0 Å². The van der Waals surface area contributed by atoms with E-state index in [1.807, 2.05) is 0 Å². The first-order valence-corrected chi connectivity index (χ1v) is 11.1. The van der Waals surface area contributed by atoms with Crippen LogP contribution in [-0.2, 0) is 9.47 Å². The van der Waals surface area contributed by atoms with Gasteiger partial charge >= 0.3 is 0 Å². The van der Waals surface area contributed by atoms with Crippen molar-refractivity contribution in [3.8, 4) is 0 Å². The van der Waals surface area contributed by atoms with Crippen LogP contribution in [0.5, 0.6) is 0 Å². The van der Waals surface area contributed by atoms with E-state index in [1.165, 1.54) is 5.56 Å². The molecular formula is C23H39IN4O2. The number of nitrogens with zero attached hydrogens (tertiary/aromatic N) is 2. The molecule has 2 unspecified atom stereocenters. The molecule has 2 atom stereocenters. The minimum atomic E-state index is -0.0362. The van der Waals surface area contributed by atoms with Gasteiger partial charge in [-0.05, 0) is 38.7 Å². The van der Waals surface area contributed by atoms with Gasteiger partial charge in [-0.15, -0.1) is 24.0 Å². The monoisotopic (exact) mass is 530 g/mol. The molecule has 7 heteroatoms. The Balaban J connectivity index is 0.00000320. The van der Waals surface area contributed by atoms with Gasteiger partial charge in [0.05, 0.1) is 13.2 Å². The van der Waals surface area contributed by atoms with Crippen LogP contribution in [0.15, 0.2) is 35.3 Å². The zero-order chi connectivity index (χ0) is 20.5. The average molecular weight is 530 g/mol. The van der Waals surface area contributed by atoms with E-state index < -0.39 is 0 Å². The summed E-state index contributed by atoms with van der Waals surface area (Å²) in [5.41, 5.74) is 1.28. The summed E-state index contributed by atoms with van der Waals surface area (Å²) in [5, 5.41) is 7.38. The van der Waals surface area contributed by atoms with Gasteiger partial charge in [0, 0.05) is 57.5 Å². The van der Waals surface area contributed by atoms with Gasteiger partial charge in [0.15, 0.2) is 5.96 Å². The molecule has 0 amide bonds. The van der Waals surface area contributed by atoms with Crippen molar-refractivity contribution in [3.05, 3.63) is 35.9 Å².